The fourth-order valence-electron chi connectivity index (χ4n) is 1.11. The SMILES string of the molecule is COc1c(SC)cccc1C(F)(F)F. The van der Waals surface area contributed by atoms with E-state index in [1.165, 1.54) is 24.9 Å². The Morgan fingerprint density at radius 1 is 1.29 bits per heavy atom. The van der Waals surface area contributed by atoms with Crippen LogP contribution in [0.3, 0.4) is 0 Å². The van der Waals surface area contributed by atoms with E-state index in [-0.39, 0.29) is 5.75 Å². The molecule has 0 spiro atoms. The van der Waals surface area contributed by atoms with Gasteiger partial charge >= 0.3 is 6.18 Å². The number of methoxy groups -OCH3 is 1. The van der Waals surface area contributed by atoms with Gasteiger partial charge in [-0.3, -0.25) is 0 Å². The van der Waals surface area contributed by atoms with Gasteiger partial charge in [0.2, 0.25) is 0 Å². The van der Waals surface area contributed by atoms with Gasteiger partial charge < -0.3 is 4.74 Å². The molecule has 14 heavy (non-hydrogen) atoms. The van der Waals surface area contributed by atoms with Gasteiger partial charge in [-0.05, 0) is 18.4 Å². The van der Waals surface area contributed by atoms with E-state index in [1.54, 1.807) is 12.3 Å². The van der Waals surface area contributed by atoms with E-state index >= 15 is 0 Å². The molecule has 0 amide bonds. The van der Waals surface area contributed by atoms with E-state index in [4.69, 9.17) is 4.74 Å². The molecule has 0 heterocycles. The summed E-state index contributed by atoms with van der Waals surface area (Å²) in [6.07, 6.45) is -2.66. The lowest BCUT2D eigenvalue weighted by atomic mass is 10.2. The van der Waals surface area contributed by atoms with Crippen molar-refractivity contribution in [2.75, 3.05) is 13.4 Å². The van der Waals surface area contributed by atoms with Crippen LogP contribution in [0.5, 0.6) is 5.75 Å². The van der Waals surface area contributed by atoms with Gasteiger partial charge in [-0.25, -0.2) is 0 Å². The minimum atomic E-state index is -4.36. The number of rotatable bonds is 2. The van der Waals surface area contributed by atoms with Crippen LogP contribution in [0.4, 0.5) is 13.2 Å². The van der Waals surface area contributed by atoms with Crippen molar-refractivity contribution in [1.29, 1.82) is 0 Å². The fourth-order valence-corrected chi connectivity index (χ4v) is 1.70. The van der Waals surface area contributed by atoms with Crippen LogP contribution in [0.1, 0.15) is 5.56 Å². The number of thioether (sulfide) groups is 1. The molecule has 5 heteroatoms. The molecule has 78 valence electrons. The van der Waals surface area contributed by atoms with E-state index in [2.05, 4.69) is 0 Å². The molecule has 1 nitrogen and oxygen atoms in total. The number of para-hydroxylation sites is 1. The molecule has 0 saturated carbocycles. The lowest BCUT2D eigenvalue weighted by Crippen LogP contribution is -2.07. The van der Waals surface area contributed by atoms with Crippen molar-refractivity contribution in [2.45, 2.75) is 11.1 Å². The molecule has 0 atom stereocenters. The maximum atomic E-state index is 12.5. The average Bonchev–Trinajstić information content (AvgIpc) is 2.15. The normalized spacial score (nSPS) is 11.5. The predicted molar refractivity (Wildman–Crippen MR) is 49.8 cm³/mol. The molecule has 0 bridgehead atoms. The van der Waals surface area contributed by atoms with Crippen molar-refractivity contribution in [2.24, 2.45) is 0 Å². The highest BCUT2D eigenvalue weighted by Crippen LogP contribution is 2.40. The number of alkyl halides is 3. The molecule has 1 aromatic rings. The van der Waals surface area contributed by atoms with Crippen molar-refractivity contribution in [3.05, 3.63) is 23.8 Å². The van der Waals surface area contributed by atoms with E-state index < -0.39 is 11.7 Å². The van der Waals surface area contributed by atoms with Crippen LogP contribution in [0.25, 0.3) is 0 Å². The number of hydrogen-bond acceptors (Lipinski definition) is 2. The van der Waals surface area contributed by atoms with Crippen LogP contribution in [-0.2, 0) is 6.18 Å². The molecule has 0 aliphatic rings. The molecule has 0 radical (unpaired) electrons. The largest absolute Gasteiger partial charge is 0.495 e. The molecular weight excluding hydrogens is 213 g/mol. The minimum absolute atomic E-state index is 0.104. The first-order valence-corrected chi connectivity index (χ1v) is 5.01. The first-order chi connectivity index (χ1) is 6.50. The Morgan fingerprint density at radius 2 is 1.93 bits per heavy atom. The highest BCUT2D eigenvalue weighted by Gasteiger charge is 2.34. The van der Waals surface area contributed by atoms with Crippen LogP contribution in [-0.4, -0.2) is 13.4 Å². The Labute approximate surface area is 84.3 Å². The van der Waals surface area contributed by atoms with Gasteiger partial charge in [0.05, 0.1) is 12.7 Å². The first-order valence-electron chi connectivity index (χ1n) is 3.79. The molecule has 1 aromatic carbocycles. The van der Waals surface area contributed by atoms with Crippen LogP contribution in [0.2, 0.25) is 0 Å². The maximum Gasteiger partial charge on any atom is 0.420 e. The molecule has 0 aliphatic carbocycles. The summed E-state index contributed by atoms with van der Waals surface area (Å²) in [6.45, 7) is 0. The summed E-state index contributed by atoms with van der Waals surface area (Å²) in [4.78, 5) is 0.488. The summed E-state index contributed by atoms with van der Waals surface area (Å²) in [7, 11) is 1.24. The number of halogens is 3. The number of benzene rings is 1. The van der Waals surface area contributed by atoms with E-state index in [9.17, 15) is 13.2 Å². The molecule has 0 fully saturated rings. The van der Waals surface area contributed by atoms with Crippen molar-refractivity contribution < 1.29 is 17.9 Å². The molecule has 0 N–H and O–H groups in total. The topological polar surface area (TPSA) is 9.23 Å². The summed E-state index contributed by atoms with van der Waals surface area (Å²) in [5.41, 5.74) is -0.730. The summed E-state index contributed by atoms with van der Waals surface area (Å²) >= 11 is 1.23. The van der Waals surface area contributed by atoms with Crippen molar-refractivity contribution in [3.8, 4) is 5.75 Å². The summed E-state index contributed by atoms with van der Waals surface area (Å²) in [5.74, 6) is -0.104. The van der Waals surface area contributed by atoms with Gasteiger partial charge in [0.25, 0.3) is 0 Å². The highest BCUT2D eigenvalue weighted by atomic mass is 32.2. The lowest BCUT2D eigenvalue weighted by molar-refractivity contribution is -0.139. The highest BCUT2D eigenvalue weighted by molar-refractivity contribution is 7.98. The Balaban J connectivity index is 3.29. The first kappa shape index (κ1) is 11.2. The van der Waals surface area contributed by atoms with Gasteiger partial charge in [-0.15, -0.1) is 11.8 Å². The van der Waals surface area contributed by atoms with Crippen molar-refractivity contribution in [3.63, 3.8) is 0 Å². The number of hydrogen-bond donors (Lipinski definition) is 0. The van der Waals surface area contributed by atoms with Crippen molar-refractivity contribution >= 4 is 11.8 Å². The Morgan fingerprint density at radius 3 is 2.36 bits per heavy atom. The van der Waals surface area contributed by atoms with Gasteiger partial charge in [0, 0.05) is 4.90 Å². The zero-order valence-electron chi connectivity index (χ0n) is 7.68. The molecular formula is C9H9F3OS. The summed E-state index contributed by atoms with van der Waals surface area (Å²) in [6, 6.07) is 3.98. The second kappa shape index (κ2) is 4.13. The second-order valence-electron chi connectivity index (χ2n) is 2.54. The zero-order chi connectivity index (χ0) is 10.8. The van der Waals surface area contributed by atoms with Crippen molar-refractivity contribution in [1.82, 2.24) is 0 Å². The Hall–Kier alpha value is -0.840. The zero-order valence-corrected chi connectivity index (χ0v) is 8.50. The lowest BCUT2D eigenvalue weighted by Gasteiger charge is -2.14. The molecule has 1 rings (SSSR count). The summed E-state index contributed by atoms with van der Waals surface area (Å²) < 4.78 is 42.1. The Bertz CT molecular complexity index is 322. The third kappa shape index (κ3) is 2.15. The quantitative estimate of drug-likeness (QED) is 0.709. The number of ether oxygens (including phenoxy) is 1. The van der Waals surface area contributed by atoms with E-state index in [0.29, 0.717) is 4.90 Å². The smallest absolute Gasteiger partial charge is 0.420 e. The second-order valence-corrected chi connectivity index (χ2v) is 3.39. The Kier molecular flexibility index (Phi) is 3.31. The molecule has 0 aliphatic heterocycles. The van der Waals surface area contributed by atoms with Crippen LogP contribution < -0.4 is 4.74 Å². The maximum absolute atomic E-state index is 12.5. The third-order valence-corrected chi connectivity index (χ3v) is 2.47. The minimum Gasteiger partial charge on any atom is -0.495 e. The summed E-state index contributed by atoms with van der Waals surface area (Å²) in [5, 5.41) is 0. The van der Waals surface area contributed by atoms with Gasteiger partial charge in [-0.2, -0.15) is 13.2 Å². The fraction of sp³-hybridized carbons (Fsp3) is 0.333. The molecule has 0 aromatic heterocycles. The van der Waals surface area contributed by atoms with Gasteiger partial charge in [0.1, 0.15) is 5.75 Å². The van der Waals surface area contributed by atoms with Crippen LogP contribution >= 0.6 is 11.8 Å². The van der Waals surface area contributed by atoms with Crippen LogP contribution in [0.15, 0.2) is 23.1 Å². The van der Waals surface area contributed by atoms with E-state index in [1.807, 2.05) is 0 Å². The predicted octanol–water partition coefficient (Wildman–Crippen LogP) is 3.44. The van der Waals surface area contributed by atoms with E-state index in [0.717, 1.165) is 6.07 Å². The monoisotopic (exact) mass is 222 g/mol. The molecule has 0 unspecified atom stereocenters. The standard InChI is InChI=1S/C9H9F3OS/c1-13-8-6(9(10,11)12)4-3-5-7(8)14-2/h3-5H,1-2H3. The van der Waals surface area contributed by atoms with Gasteiger partial charge in [0.15, 0.2) is 0 Å². The average molecular weight is 222 g/mol. The molecule has 0 saturated heterocycles. The van der Waals surface area contributed by atoms with Crippen LogP contribution in [0, 0.1) is 0 Å². The third-order valence-electron chi connectivity index (χ3n) is 1.71. The van der Waals surface area contributed by atoms with Gasteiger partial charge in [-0.1, -0.05) is 6.07 Å².